The summed E-state index contributed by atoms with van der Waals surface area (Å²) in [4.78, 5) is 0. The number of nitrogens with zero attached hydrogens (tertiary/aromatic N) is 2. The lowest BCUT2D eigenvalue weighted by molar-refractivity contribution is 0.146. The van der Waals surface area contributed by atoms with Crippen molar-refractivity contribution < 1.29 is 27.1 Å². The molecule has 9 nitrogen and oxygen atoms in total. The number of hydrogen-bond acceptors (Lipinski definition) is 7. The van der Waals surface area contributed by atoms with Crippen molar-refractivity contribution in [1.29, 1.82) is 0 Å². The molecule has 0 saturated carbocycles. The number of sulfonamides is 1. The van der Waals surface area contributed by atoms with Gasteiger partial charge in [-0.2, -0.15) is 0 Å². The van der Waals surface area contributed by atoms with E-state index < -0.39 is 18.3 Å². The lowest BCUT2D eigenvalue weighted by atomic mass is 10.1. The maximum absolute atomic E-state index is 13.1. The standard InChI is InChI=1S/C46H57N3O6SSi/c1-6-57(7-2,8-3)55-46(38-20-15-21-39(30-38)49(56(5,50)51)35-37-18-13-10-14-19-37)33-47-26-27-53-40-22-24-42-43-25-23-41(54-29-28-52-4)32-45(43)48(44(42)31-40)34-36-16-11-9-12-17-36/h9-25,30-32,46-47H,6-8,26-29,33-35H2,1-5H3/t46-/m0/s1. The molecule has 1 heterocycles. The third-order valence-corrected chi connectivity index (χ3v) is 16.6. The third kappa shape index (κ3) is 10.7. The number of benzene rings is 5. The molecule has 11 heteroatoms. The normalized spacial score (nSPS) is 12.6. The van der Waals surface area contributed by atoms with Gasteiger partial charge in [0.1, 0.15) is 24.7 Å². The molecule has 1 atom stereocenters. The minimum atomic E-state index is -3.55. The Balaban J connectivity index is 1.19. The Labute approximate surface area is 339 Å². The smallest absolute Gasteiger partial charge is 0.232 e. The zero-order chi connectivity index (χ0) is 40.3. The summed E-state index contributed by atoms with van der Waals surface area (Å²) >= 11 is 0. The first kappa shape index (κ1) is 42.0. The molecule has 1 N–H and O–H groups in total. The van der Waals surface area contributed by atoms with Crippen LogP contribution in [0.5, 0.6) is 11.5 Å². The molecule has 5 aromatic carbocycles. The largest absolute Gasteiger partial charge is 0.492 e. The van der Waals surface area contributed by atoms with Crippen LogP contribution in [0.3, 0.4) is 0 Å². The Hall–Kier alpha value is -4.65. The fourth-order valence-corrected chi connectivity index (χ4v) is 11.1. The molecule has 0 saturated heterocycles. The molecule has 6 aromatic rings. The molecule has 0 aliphatic heterocycles. The Morgan fingerprint density at radius 2 is 1.30 bits per heavy atom. The van der Waals surface area contributed by atoms with Crippen molar-refractivity contribution in [3.8, 4) is 11.5 Å². The first-order chi connectivity index (χ1) is 27.7. The lowest BCUT2D eigenvalue weighted by Gasteiger charge is -2.34. The van der Waals surface area contributed by atoms with Gasteiger partial charge in [0.15, 0.2) is 8.32 Å². The summed E-state index contributed by atoms with van der Waals surface area (Å²) in [6.45, 7) is 10.3. The van der Waals surface area contributed by atoms with E-state index in [1.165, 1.54) is 16.1 Å². The second-order valence-corrected chi connectivity index (χ2v) is 21.2. The average molecular weight is 808 g/mol. The minimum Gasteiger partial charge on any atom is -0.492 e. The number of rotatable bonds is 22. The topological polar surface area (TPSA) is 91.3 Å². The van der Waals surface area contributed by atoms with Crippen molar-refractivity contribution in [3.63, 3.8) is 0 Å². The van der Waals surface area contributed by atoms with Gasteiger partial charge in [0.05, 0.1) is 42.2 Å². The van der Waals surface area contributed by atoms with Crippen LogP contribution in [-0.4, -0.2) is 67.6 Å². The molecule has 6 rings (SSSR count). The van der Waals surface area contributed by atoms with Crippen molar-refractivity contribution in [2.45, 2.75) is 58.1 Å². The van der Waals surface area contributed by atoms with E-state index in [4.69, 9.17) is 18.6 Å². The number of fused-ring (bicyclic) bond motifs is 3. The van der Waals surface area contributed by atoms with Crippen LogP contribution >= 0.6 is 0 Å². The predicted molar refractivity (Wildman–Crippen MR) is 236 cm³/mol. The van der Waals surface area contributed by atoms with E-state index in [1.54, 1.807) is 7.11 Å². The fourth-order valence-electron chi connectivity index (χ4n) is 7.45. The van der Waals surface area contributed by atoms with Gasteiger partial charge >= 0.3 is 0 Å². The molecule has 0 radical (unpaired) electrons. The van der Waals surface area contributed by atoms with Crippen LogP contribution in [0.4, 0.5) is 5.69 Å². The van der Waals surface area contributed by atoms with Gasteiger partial charge in [-0.25, -0.2) is 8.42 Å². The maximum Gasteiger partial charge on any atom is 0.232 e. The molecular formula is C46H57N3O6SSi. The number of hydrogen-bond donors (Lipinski definition) is 1. The number of methoxy groups -OCH3 is 1. The second kappa shape index (κ2) is 19.7. The molecule has 0 aliphatic rings. The van der Waals surface area contributed by atoms with E-state index in [0.717, 1.165) is 62.6 Å². The highest BCUT2D eigenvalue weighted by Crippen LogP contribution is 2.35. The average Bonchev–Trinajstić information content (AvgIpc) is 3.53. The summed E-state index contributed by atoms with van der Waals surface area (Å²) in [5, 5.41) is 5.93. The van der Waals surface area contributed by atoms with Crippen LogP contribution in [0.25, 0.3) is 21.8 Å². The second-order valence-electron chi connectivity index (χ2n) is 14.5. The zero-order valence-corrected chi connectivity index (χ0v) is 35.8. The van der Waals surface area contributed by atoms with Gasteiger partial charge in [0.25, 0.3) is 0 Å². The molecule has 0 unspecified atom stereocenters. The van der Waals surface area contributed by atoms with E-state index in [0.29, 0.717) is 45.1 Å². The van der Waals surface area contributed by atoms with Gasteiger partial charge in [0, 0.05) is 49.6 Å². The van der Waals surface area contributed by atoms with Crippen molar-refractivity contribution in [3.05, 3.63) is 138 Å². The SMILES string of the molecule is CC[Si](CC)(CC)O[C@@H](CNCCOc1ccc2c3ccc(OCCOC)cc3n(Cc3ccccc3)c2c1)c1cccc(N(Cc2ccccc2)S(C)(=O)=O)c1. The van der Waals surface area contributed by atoms with Crippen LogP contribution in [0.1, 0.15) is 43.6 Å². The van der Waals surface area contributed by atoms with Crippen LogP contribution in [0, 0.1) is 0 Å². The predicted octanol–water partition coefficient (Wildman–Crippen LogP) is 9.57. The molecule has 302 valence electrons. The molecule has 0 bridgehead atoms. The molecule has 0 amide bonds. The number of anilines is 1. The van der Waals surface area contributed by atoms with E-state index in [9.17, 15) is 8.42 Å². The highest BCUT2D eigenvalue weighted by molar-refractivity contribution is 7.92. The number of ether oxygens (including phenoxy) is 3. The van der Waals surface area contributed by atoms with Crippen molar-refractivity contribution in [1.82, 2.24) is 9.88 Å². The minimum absolute atomic E-state index is 0.247. The zero-order valence-electron chi connectivity index (χ0n) is 33.9. The van der Waals surface area contributed by atoms with Crippen molar-refractivity contribution in [2.24, 2.45) is 0 Å². The van der Waals surface area contributed by atoms with Gasteiger partial charge in [0.2, 0.25) is 10.0 Å². The highest BCUT2D eigenvalue weighted by Gasteiger charge is 2.33. The molecule has 0 spiro atoms. The van der Waals surface area contributed by atoms with E-state index in [-0.39, 0.29) is 12.6 Å². The van der Waals surface area contributed by atoms with Gasteiger partial charge in [-0.15, -0.1) is 0 Å². The van der Waals surface area contributed by atoms with E-state index in [2.05, 4.69) is 79.2 Å². The van der Waals surface area contributed by atoms with Gasteiger partial charge < -0.3 is 28.5 Å². The summed E-state index contributed by atoms with van der Waals surface area (Å²) in [6.07, 6.45) is 1.02. The quantitative estimate of drug-likeness (QED) is 0.0540. The van der Waals surface area contributed by atoms with Crippen LogP contribution in [-0.2, 0) is 32.3 Å². The first-order valence-electron chi connectivity index (χ1n) is 20.0. The molecular weight excluding hydrogens is 751 g/mol. The van der Waals surface area contributed by atoms with Crippen LogP contribution in [0.15, 0.2) is 121 Å². The van der Waals surface area contributed by atoms with Crippen molar-refractivity contribution >= 4 is 45.8 Å². The van der Waals surface area contributed by atoms with Crippen LogP contribution in [0.2, 0.25) is 18.1 Å². The summed E-state index contributed by atoms with van der Waals surface area (Å²) in [7, 11) is -3.90. The number of aromatic nitrogens is 1. The van der Waals surface area contributed by atoms with E-state index >= 15 is 0 Å². The molecule has 0 fully saturated rings. The highest BCUT2D eigenvalue weighted by atomic mass is 32.2. The monoisotopic (exact) mass is 807 g/mol. The Morgan fingerprint density at radius 1 is 0.702 bits per heavy atom. The Bertz CT molecular complexity index is 2290. The Kier molecular flexibility index (Phi) is 14.5. The van der Waals surface area contributed by atoms with Crippen LogP contribution < -0.4 is 19.1 Å². The van der Waals surface area contributed by atoms with E-state index in [1.807, 2.05) is 72.8 Å². The molecule has 57 heavy (non-hydrogen) atoms. The summed E-state index contributed by atoms with van der Waals surface area (Å²) in [6, 6.07) is 43.6. The molecule has 1 aromatic heterocycles. The third-order valence-electron chi connectivity index (χ3n) is 10.9. The van der Waals surface area contributed by atoms with Crippen molar-refractivity contribution in [2.75, 3.05) is 50.6 Å². The lowest BCUT2D eigenvalue weighted by Crippen LogP contribution is -2.40. The van der Waals surface area contributed by atoms with Gasteiger partial charge in [-0.3, -0.25) is 4.31 Å². The Morgan fingerprint density at radius 3 is 1.88 bits per heavy atom. The first-order valence-corrected chi connectivity index (χ1v) is 24.4. The van der Waals surface area contributed by atoms with Gasteiger partial charge in [-0.05, 0) is 71.2 Å². The van der Waals surface area contributed by atoms with Gasteiger partial charge in [-0.1, -0.05) is 93.6 Å². The summed E-state index contributed by atoms with van der Waals surface area (Å²) in [5.41, 5.74) is 5.91. The maximum atomic E-state index is 13.1. The fraction of sp³-hybridized carbons (Fsp3) is 0.348. The summed E-state index contributed by atoms with van der Waals surface area (Å²) in [5.74, 6) is 1.61. The molecule has 0 aliphatic carbocycles. The number of nitrogens with one attached hydrogen (secondary N) is 1. The summed E-state index contributed by atoms with van der Waals surface area (Å²) < 4.78 is 54.6.